The molecule has 4 rings (SSSR count). The van der Waals surface area contributed by atoms with Crippen LogP contribution in [0.15, 0.2) is 30.9 Å². The Morgan fingerprint density at radius 1 is 1.29 bits per heavy atom. The second-order valence-corrected chi connectivity index (χ2v) is 10.7. The van der Waals surface area contributed by atoms with Crippen molar-refractivity contribution >= 4 is 49.9 Å². The van der Waals surface area contributed by atoms with E-state index in [9.17, 15) is 9.59 Å². The summed E-state index contributed by atoms with van der Waals surface area (Å²) in [6, 6.07) is 6.23. The fourth-order valence-corrected chi connectivity index (χ4v) is 5.86. The van der Waals surface area contributed by atoms with E-state index in [2.05, 4.69) is 30.1 Å². The second-order valence-electron chi connectivity index (χ2n) is 8.54. The molecule has 3 aromatic rings. The van der Waals surface area contributed by atoms with E-state index in [-0.39, 0.29) is 12.0 Å². The number of carbonyl (C=O) groups excluding carboxylic acids is 2. The number of hydrogen-bond acceptors (Lipinski definition) is 6. The van der Waals surface area contributed by atoms with Gasteiger partial charge in [0.25, 0.3) is 0 Å². The fourth-order valence-electron chi connectivity index (χ4n) is 3.51. The summed E-state index contributed by atoms with van der Waals surface area (Å²) in [5.41, 5.74) is 3.66. The van der Waals surface area contributed by atoms with Crippen molar-refractivity contribution in [1.82, 2.24) is 9.88 Å². The van der Waals surface area contributed by atoms with E-state index in [1.54, 1.807) is 16.2 Å². The summed E-state index contributed by atoms with van der Waals surface area (Å²) >= 11 is 3.10. The molecular weight excluding hydrogens is 430 g/mol. The Bertz CT molecular complexity index is 1190. The van der Waals surface area contributed by atoms with Crippen molar-refractivity contribution in [3.05, 3.63) is 46.9 Å². The van der Waals surface area contributed by atoms with Crippen molar-refractivity contribution < 1.29 is 14.3 Å². The Morgan fingerprint density at radius 3 is 2.77 bits per heavy atom. The molecule has 1 aromatic carbocycles. The molecule has 6 nitrogen and oxygen atoms in total. The van der Waals surface area contributed by atoms with E-state index in [1.165, 1.54) is 17.4 Å². The average molecular weight is 456 g/mol. The Hall–Kier alpha value is -2.71. The topological polar surface area (TPSA) is 71.5 Å². The summed E-state index contributed by atoms with van der Waals surface area (Å²) in [5.74, 6) is -0.263. The summed E-state index contributed by atoms with van der Waals surface area (Å²) < 4.78 is 6.65. The minimum absolute atomic E-state index is 0.263. The van der Waals surface area contributed by atoms with Crippen molar-refractivity contribution in [2.45, 2.75) is 46.3 Å². The van der Waals surface area contributed by atoms with Gasteiger partial charge >= 0.3 is 6.09 Å². The van der Waals surface area contributed by atoms with Gasteiger partial charge in [0.05, 0.1) is 16.8 Å². The molecule has 31 heavy (non-hydrogen) atoms. The van der Waals surface area contributed by atoms with Crippen LogP contribution < -0.4 is 5.32 Å². The molecule has 0 saturated heterocycles. The molecule has 0 unspecified atom stereocenters. The minimum Gasteiger partial charge on any atom is -0.444 e. The number of anilines is 1. The largest absolute Gasteiger partial charge is 0.444 e. The first-order chi connectivity index (χ1) is 14.6. The molecule has 0 atom stereocenters. The second kappa shape index (κ2) is 8.09. The molecule has 162 valence electrons. The maximum atomic E-state index is 12.6. The van der Waals surface area contributed by atoms with E-state index in [4.69, 9.17) is 9.72 Å². The minimum atomic E-state index is -0.541. The molecule has 2 aromatic heterocycles. The molecular formula is C23H25N3O3S2. The Labute approximate surface area is 189 Å². The number of ether oxygens (including phenoxy) is 1. The van der Waals surface area contributed by atoms with Gasteiger partial charge < -0.3 is 15.0 Å². The average Bonchev–Trinajstić information content (AvgIpc) is 3.25. The molecule has 0 bridgehead atoms. The number of benzene rings is 1. The zero-order valence-corrected chi connectivity index (χ0v) is 19.7. The van der Waals surface area contributed by atoms with Gasteiger partial charge in [-0.15, -0.1) is 22.7 Å². The number of carbonyl (C=O) groups is 2. The summed E-state index contributed by atoms with van der Waals surface area (Å²) in [5, 5.41) is 4.57. The number of aromatic nitrogens is 1. The lowest BCUT2D eigenvalue weighted by Crippen LogP contribution is -2.39. The number of rotatable bonds is 3. The smallest absolute Gasteiger partial charge is 0.410 e. The highest BCUT2D eigenvalue weighted by Gasteiger charge is 2.31. The first-order valence-corrected chi connectivity index (χ1v) is 11.7. The Kier molecular flexibility index (Phi) is 5.61. The van der Waals surface area contributed by atoms with Crippen LogP contribution in [0.3, 0.4) is 0 Å². The number of amides is 2. The zero-order valence-electron chi connectivity index (χ0n) is 18.1. The number of thiophene rings is 1. The van der Waals surface area contributed by atoms with Crippen molar-refractivity contribution in [3.63, 3.8) is 0 Å². The lowest BCUT2D eigenvalue weighted by atomic mass is 10.0. The molecule has 0 aliphatic carbocycles. The van der Waals surface area contributed by atoms with E-state index < -0.39 is 5.60 Å². The van der Waals surface area contributed by atoms with Gasteiger partial charge in [-0.05, 0) is 63.5 Å². The third kappa shape index (κ3) is 4.50. The van der Waals surface area contributed by atoms with Gasteiger partial charge in [-0.3, -0.25) is 4.79 Å². The van der Waals surface area contributed by atoms with Crippen LogP contribution >= 0.6 is 22.7 Å². The number of fused-ring (bicyclic) bond motifs is 2. The maximum Gasteiger partial charge on any atom is 0.410 e. The monoisotopic (exact) mass is 455 g/mol. The third-order valence-electron chi connectivity index (χ3n) is 4.89. The number of hydrogen-bond donors (Lipinski definition) is 1. The first-order valence-electron chi connectivity index (χ1n) is 10.1. The standard InChI is InChI=1S/C23H25N3O3S2/c1-6-18(27)25-21-19(20-24-15-11-13(2)7-8-16(15)30-20)14-9-10-26(12-17(14)31-21)22(28)29-23(3,4)5/h6-8,11H,1,9-10,12H2,2-5H3,(H,25,27). The molecule has 2 amide bonds. The van der Waals surface area contributed by atoms with Crippen LogP contribution in [0.1, 0.15) is 36.8 Å². The molecule has 0 fully saturated rings. The van der Waals surface area contributed by atoms with Crippen LogP contribution in [0.2, 0.25) is 0 Å². The highest BCUT2D eigenvalue weighted by Crippen LogP contribution is 2.45. The number of nitrogens with one attached hydrogen (secondary N) is 1. The summed E-state index contributed by atoms with van der Waals surface area (Å²) in [7, 11) is 0. The SMILES string of the molecule is C=CC(=O)Nc1sc2c(c1-c1nc3cc(C)ccc3s1)CCN(C(=O)OC(C)(C)C)C2. The van der Waals surface area contributed by atoms with Crippen LogP contribution in [0.25, 0.3) is 20.8 Å². The maximum absolute atomic E-state index is 12.6. The molecule has 3 heterocycles. The van der Waals surface area contributed by atoms with Crippen molar-refractivity contribution in [1.29, 1.82) is 0 Å². The number of thiazole rings is 1. The lowest BCUT2D eigenvalue weighted by Gasteiger charge is -2.30. The van der Waals surface area contributed by atoms with Crippen LogP contribution in [0.5, 0.6) is 0 Å². The third-order valence-corrected chi connectivity index (χ3v) is 7.07. The van der Waals surface area contributed by atoms with Gasteiger partial charge in [-0.25, -0.2) is 9.78 Å². The summed E-state index contributed by atoms with van der Waals surface area (Å²) in [6.07, 6.45) is 1.62. The fraction of sp³-hybridized carbons (Fsp3) is 0.348. The van der Waals surface area contributed by atoms with Gasteiger partial charge in [0.2, 0.25) is 5.91 Å². The van der Waals surface area contributed by atoms with Crippen molar-refractivity contribution in [2.75, 3.05) is 11.9 Å². The van der Waals surface area contributed by atoms with Gasteiger partial charge in [-0.2, -0.15) is 0 Å². The quantitative estimate of drug-likeness (QED) is 0.510. The molecule has 1 N–H and O–H groups in total. The van der Waals surface area contributed by atoms with Crippen molar-refractivity contribution in [3.8, 4) is 10.6 Å². The molecule has 1 aliphatic rings. The predicted octanol–water partition coefficient (Wildman–Crippen LogP) is 5.75. The Balaban J connectivity index is 1.74. The highest BCUT2D eigenvalue weighted by atomic mass is 32.1. The van der Waals surface area contributed by atoms with Gasteiger partial charge in [-0.1, -0.05) is 12.6 Å². The Morgan fingerprint density at radius 2 is 2.06 bits per heavy atom. The number of aryl methyl sites for hydroxylation is 1. The summed E-state index contributed by atoms with van der Waals surface area (Å²) in [4.78, 5) is 32.3. The van der Waals surface area contributed by atoms with Crippen LogP contribution in [-0.2, 0) is 22.5 Å². The van der Waals surface area contributed by atoms with E-state index in [0.29, 0.717) is 19.5 Å². The van der Waals surface area contributed by atoms with Gasteiger partial charge in [0.15, 0.2) is 0 Å². The predicted molar refractivity (Wildman–Crippen MR) is 127 cm³/mol. The molecule has 0 saturated carbocycles. The summed E-state index contributed by atoms with van der Waals surface area (Å²) in [6.45, 7) is 12.2. The van der Waals surface area contributed by atoms with Gasteiger partial charge in [0.1, 0.15) is 15.6 Å². The van der Waals surface area contributed by atoms with Gasteiger partial charge in [0, 0.05) is 17.0 Å². The normalized spacial score (nSPS) is 13.7. The van der Waals surface area contributed by atoms with E-state index in [0.717, 1.165) is 41.8 Å². The first kappa shape index (κ1) is 21.5. The lowest BCUT2D eigenvalue weighted by molar-refractivity contribution is -0.111. The highest BCUT2D eigenvalue weighted by molar-refractivity contribution is 7.23. The van der Waals surface area contributed by atoms with Crippen molar-refractivity contribution in [2.24, 2.45) is 0 Å². The molecule has 1 aliphatic heterocycles. The van der Waals surface area contributed by atoms with Crippen LogP contribution in [0.4, 0.5) is 9.80 Å². The molecule has 8 heteroatoms. The molecule has 0 spiro atoms. The van der Waals surface area contributed by atoms with E-state index in [1.807, 2.05) is 27.7 Å². The zero-order chi connectivity index (χ0) is 22.3. The van der Waals surface area contributed by atoms with Crippen LogP contribution in [0, 0.1) is 6.92 Å². The van der Waals surface area contributed by atoms with E-state index >= 15 is 0 Å². The van der Waals surface area contributed by atoms with Crippen LogP contribution in [-0.4, -0.2) is 34.0 Å². The number of nitrogens with zero attached hydrogens (tertiary/aromatic N) is 2. The molecule has 0 radical (unpaired) electrons.